The predicted molar refractivity (Wildman–Crippen MR) is 61.7 cm³/mol. The summed E-state index contributed by atoms with van der Waals surface area (Å²) in [6, 6.07) is 1.80. The summed E-state index contributed by atoms with van der Waals surface area (Å²) in [5, 5.41) is 9.75. The van der Waals surface area contributed by atoms with E-state index in [0.717, 1.165) is 23.8 Å². The molecule has 0 spiro atoms. The Morgan fingerprint density at radius 1 is 1.47 bits per heavy atom. The zero-order chi connectivity index (χ0) is 11.1. The first-order chi connectivity index (χ1) is 7.14. The summed E-state index contributed by atoms with van der Waals surface area (Å²) in [7, 11) is 0. The van der Waals surface area contributed by atoms with E-state index in [9.17, 15) is 0 Å². The molecule has 0 aliphatic carbocycles. The highest BCUT2D eigenvalue weighted by molar-refractivity contribution is 7.99. The fourth-order valence-corrected chi connectivity index (χ4v) is 1.82. The van der Waals surface area contributed by atoms with E-state index in [4.69, 9.17) is 10.8 Å². The number of thioether (sulfide) groups is 1. The van der Waals surface area contributed by atoms with E-state index in [-0.39, 0.29) is 6.61 Å². The van der Waals surface area contributed by atoms with Crippen LogP contribution in [0, 0.1) is 0 Å². The highest BCUT2D eigenvalue weighted by Gasteiger charge is 2.15. The molecule has 15 heavy (non-hydrogen) atoms. The SMILES string of the molecule is CC(N)(CO)CCCSc1ncccn1. The maximum atomic E-state index is 8.95. The third-order valence-corrected chi connectivity index (χ3v) is 2.99. The van der Waals surface area contributed by atoms with Gasteiger partial charge in [-0.25, -0.2) is 9.97 Å². The molecule has 0 amide bonds. The first-order valence-corrected chi connectivity index (χ1v) is 5.92. The van der Waals surface area contributed by atoms with Crippen molar-refractivity contribution < 1.29 is 5.11 Å². The van der Waals surface area contributed by atoms with Gasteiger partial charge in [-0.1, -0.05) is 11.8 Å². The molecule has 0 radical (unpaired) electrons. The summed E-state index contributed by atoms with van der Waals surface area (Å²) in [4.78, 5) is 8.21. The van der Waals surface area contributed by atoms with E-state index < -0.39 is 5.54 Å². The molecule has 0 aromatic carbocycles. The number of aliphatic hydroxyl groups is 1. The van der Waals surface area contributed by atoms with E-state index in [1.807, 2.05) is 6.92 Å². The number of aliphatic hydroxyl groups excluding tert-OH is 1. The van der Waals surface area contributed by atoms with Gasteiger partial charge in [-0.3, -0.25) is 0 Å². The molecule has 0 saturated heterocycles. The van der Waals surface area contributed by atoms with Gasteiger partial charge in [0.15, 0.2) is 5.16 Å². The molecule has 1 heterocycles. The van der Waals surface area contributed by atoms with Gasteiger partial charge < -0.3 is 10.8 Å². The van der Waals surface area contributed by atoms with Crippen LogP contribution in [0.4, 0.5) is 0 Å². The molecule has 0 saturated carbocycles. The van der Waals surface area contributed by atoms with Gasteiger partial charge >= 0.3 is 0 Å². The van der Waals surface area contributed by atoms with E-state index in [2.05, 4.69) is 9.97 Å². The third kappa shape index (κ3) is 5.11. The smallest absolute Gasteiger partial charge is 0.187 e. The summed E-state index contributed by atoms with van der Waals surface area (Å²) in [5.74, 6) is 0.927. The highest BCUT2D eigenvalue weighted by Crippen LogP contribution is 2.16. The second-order valence-corrected chi connectivity index (χ2v) is 4.86. The molecular formula is C10H17N3OS. The molecule has 1 rings (SSSR count). The van der Waals surface area contributed by atoms with Gasteiger partial charge in [0.1, 0.15) is 0 Å². The average molecular weight is 227 g/mol. The summed E-state index contributed by atoms with van der Waals surface area (Å²) >= 11 is 1.61. The van der Waals surface area contributed by atoms with Gasteiger partial charge in [-0.05, 0) is 25.8 Å². The Morgan fingerprint density at radius 3 is 2.73 bits per heavy atom. The molecule has 1 atom stereocenters. The van der Waals surface area contributed by atoms with Crippen molar-refractivity contribution in [2.75, 3.05) is 12.4 Å². The van der Waals surface area contributed by atoms with E-state index >= 15 is 0 Å². The fourth-order valence-electron chi connectivity index (χ4n) is 1.08. The van der Waals surface area contributed by atoms with Gasteiger partial charge in [-0.2, -0.15) is 0 Å². The minimum absolute atomic E-state index is 0.0273. The van der Waals surface area contributed by atoms with Crippen molar-refractivity contribution in [1.82, 2.24) is 9.97 Å². The minimum Gasteiger partial charge on any atom is -0.394 e. The highest BCUT2D eigenvalue weighted by atomic mass is 32.2. The zero-order valence-corrected chi connectivity index (χ0v) is 9.70. The number of nitrogens with two attached hydrogens (primary N) is 1. The third-order valence-electron chi connectivity index (χ3n) is 2.03. The Morgan fingerprint density at radius 2 is 2.13 bits per heavy atom. The van der Waals surface area contributed by atoms with Crippen LogP contribution in [0.2, 0.25) is 0 Å². The van der Waals surface area contributed by atoms with E-state index in [1.165, 1.54) is 0 Å². The quantitative estimate of drug-likeness (QED) is 0.432. The molecular weight excluding hydrogens is 210 g/mol. The van der Waals surface area contributed by atoms with Crippen molar-refractivity contribution in [3.05, 3.63) is 18.5 Å². The lowest BCUT2D eigenvalue weighted by molar-refractivity contribution is 0.200. The zero-order valence-electron chi connectivity index (χ0n) is 8.89. The number of rotatable bonds is 6. The van der Waals surface area contributed by atoms with Gasteiger partial charge in [0.2, 0.25) is 0 Å². The number of aromatic nitrogens is 2. The monoisotopic (exact) mass is 227 g/mol. The first-order valence-electron chi connectivity index (χ1n) is 4.94. The fraction of sp³-hybridized carbons (Fsp3) is 0.600. The topological polar surface area (TPSA) is 72.0 Å². The lowest BCUT2D eigenvalue weighted by Crippen LogP contribution is -2.40. The van der Waals surface area contributed by atoms with Crippen LogP contribution in [0.1, 0.15) is 19.8 Å². The second-order valence-electron chi connectivity index (χ2n) is 3.80. The number of nitrogens with zero attached hydrogens (tertiary/aromatic N) is 2. The van der Waals surface area contributed by atoms with Crippen LogP contribution in [0.15, 0.2) is 23.6 Å². The van der Waals surface area contributed by atoms with Crippen LogP contribution in [-0.2, 0) is 0 Å². The molecule has 0 aliphatic heterocycles. The van der Waals surface area contributed by atoms with Gasteiger partial charge in [0.05, 0.1) is 6.61 Å². The lowest BCUT2D eigenvalue weighted by atomic mass is 9.99. The minimum atomic E-state index is -0.460. The van der Waals surface area contributed by atoms with Crippen LogP contribution >= 0.6 is 11.8 Å². The maximum Gasteiger partial charge on any atom is 0.187 e. The molecule has 1 aromatic rings. The summed E-state index contributed by atoms with van der Waals surface area (Å²) in [5.41, 5.74) is 5.34. The van der Waals surface area contributed by atoms with E-state index in [0.29, 0.717) is 0 Å². The van der Waals surface area contributed by atoms with Crippen LogP contribution in [-0.4, -0.2) is 33.0 Å². The molecule has 84 valence electrons. The number of hydrogen-bond donors (Lipinski definition) is 2. The first kappa shape index (κ1) is 12.4. The Bertz CT molecular complexity index is 279. The molecule has 4 nitrogen and oxygen atoms in total. The number of hydrogen-bond acceptors (Lipinski definition) is 5. The average Bonchev–Trinajstić information content (AvgIpc) is 2.26. The Labute approximate surface area is 94.3 Å². The lowest BCUT2D eigenvalue weighted by Gasteiger charge is -2.20. The molecule has 0 bridgehead atoms. The second kappa shape index (κ2) is 6.05. The summed E-state index contributed by atoms with van der Waals surface area (Å²) in [6.45, 7) is 1.89. The standard InChI is InChI=1S/C10H17N3OS/c1-10(11,8-14)4-2-7-15-9-12-5-3-6-13-9/h3,5-6,14H,2,4,7-8,11H2,1H3. The predicted octanol–water partition coefficient (Wildman–Crippen LogP) is 1.06. The Kier molecular flexibility index (Phi) is 5.01. The molecule has 1 aromatic heterocycles. The van der Waals surface area contributed by atoms with Crippen molar-refractivity contribution >= 4 is 11.8 Å². The Balaban J connectivity index is 2.18. The van der Waals surface area contributed by atoms with Crippen molar-refractivity contribution in [2.24, 2.45) is 5.73 Å². The van der Waals surface area contributed by atoms with Crippen molar-refractivity contribution in [3.63, 3.8) is 0 Å². The summed E-state index contributed by atoms with van der Waals surface area (Å²) in [6.07, 6.45) is 5.23. The molecule has 3 N–H and O–H groups in total. The van der Waals surface area contributed by atoms with Crippen LogP contribution in [0.3, 0.4) is 0 Å². The van der Waals surface area contributed by atoms with E-state index in [1.54, 1.807) is 30.2 Å². The van der Waals surface area contributed by atoms with Crippen molar-refractivity contribution in [3.8, 4) is 0 Å². The summed E-state index contributed by atoms with van der Waals surface area (Å²) < 4.78 is 0. The molecule has 0 aliphatic rings. The Hall–Kier alpha value is -0.650. The largest absolute Gasteiger partial charge is 0.394 e. The van der Waals surface area contributed by atoms with Crippen molar-refractivity contribution in [1.29, 1.82) is 0 Å². The molecule has 1 unspecified atom stereocenters. The van der Waals surface area contributed by atoms with Gasteiger partial charge in [0.25, 0.3) is 0 Å². The van der Waals surface area contributed by atoms with Gasteiger partial charge in [-0.15, -0.1) is 0 Å². The molecule has 5 heteroatoms. The van der Waals surface area contributed by atoms with Crippen LogP contribution < -0.4 is 5.73 Å². The van der Waals surface area contributed by atoms with Crippen LogP contribution in [0.5, 0.6) is 0 Å². The molecule has 0 fully saturated rings. The van der Waals surface area contributed by atoms with Gasteiger partial charge in [0, 0.05) is 23.7 Å². The van der Waals surface area contributed by atoms with Crippen LogP contribution in [0.25, 0.3) is 0 Å². The maximum absolute atomic E-state index is 8.95. The van der Waals surface area contributed by atoms with Crippen molar-refractivity contribution in [2.45, 2.75) is 30.5 Å². The normalized spacial score (nSPS) is 14.9.